The van der Waals surface area contributed by atoms with Gasteiger partial charge in [-0.1, -0.05) is 0 Å². The predicted octanol–water partition coefficient (Wildman–Crippen LogP) is 1.94. The van der Waals surface area contributed by atoms with E-state index in [0.717, 1.165) is 12.1 Å². The first kappa shape index (κ1) is 8.83. The Balaban J connectivity index is 2.09. The third-order valence-electron chi connectivity index (χ3n) is 3.47. The Labute approximate surface area is 84.5 Å². The molecule has 0 spiro atoms. The van der Waals surface area contributed by atoms with Gasteiger partial charge >= 0.3 is 5.97 Å². The van der Waals surface area contributed by atoms with E-state index in [9.17, 15) is 13.6 Å². The van der Waals surface area contributed by atoms with Gasteiger partial charge in [0.05, 0.1) is 5.92 Å². The maximum atomic E-state index is 13.4. The highest BCUT2D eigenvalue weighted by Gasteiger charge is 2.61. The van der Waals surface area contributed by atoms with Crippen LogP contribution in [-0.2, 0) is 11.2 Å². The monoisotopic (exact) mass is 210 g/mol. The topological polar surface area (TPSA) is 37.3 Å². The lowest BCUT2D eigenvalue weighted by Gasteiger charge is -2.07. The molecule has 1 N–H and O–H groups in total. The number of fused-ring (bicyclic) bond motifs is 3. The second-order valence-corrected chi connectivity index (χ2v) is 4.18. The Morgan fingerprint density at radius 3 is 2.67 bits per heavy atom. The lowest BCUT2D eigenvalue weighted by molar-refractivity contribution is -0.139. The molecular formula is C11H8F2O2. The van der Waals surface area contributed by atoms with Crippen molar-refractivity contribution in [2.24, 2.45) is 11.8 Å². The highest BCUT2D eigenvalue weighted by Crippen LogP contribution is 2.62. The van der Waals surface area contributed by atoms with E-state index >= 15 is 0 Å². The smallest absolute Gasteiger partial charge is 0.307 e. The van der Waals surface area contributed by atoms with Gasteiger partial charge < -0.3 is 5.11 Å². The van der Waals surface area contributed by atoms with Crippen molar-refractivity contribution in [3.63, 3.8) is 0 Å². The van der Waals surface area contributed by atoms with E-state index in [1.54, 1.807) is 0 Å². The number of carboxylic acid groups (broad SMARTS) is 1. The van der Waals surface area contributed by atoms with E-state index in [2.05, 4.69) is 0 Å². The standard InChI is InChI=1S/C11H8F2O2/c12-6-1-2-7(13)8-4(6)3-5-9(8)10(5)11(14)15/h1-2,5,9-10H,3H2,(H,14,15)/t5-,9-,10+/m0/s1. The molecule has 1 aromatic rings. The minimum Gasteiger partial charge on any atom is -0.481 e. The van der Waals surface area contributed by atoms with Crippen molar-refractivity contribution in [2.75, 3.05) is 0 Å². The number of hydrogen-bond acceptors (Lipinski definition) is 1. The molecule has 78 valence electrons. The highest BCUT2D eigenvalue weighted by atomic mass is 19.1. The van der Waals surface area contributed by atoms with E-state index in [1.165, 1.54) is 0 Å². The highest BCUT2D eigenvalue weighted by molar-refractivity contribution is 5.77. The van der Waals surface area contributed by atoms with E-state index in [0.29, 0.717) is 17.5 Å². The van der Waals surface area contributed by atoms with Crippen LogP contribution in [0.5, 0.6) is 0 Å². The van der Waals surface area contributed by atoms with Gasteiger partial charge in [0.1, 0.15) is 11.6 Å². The SMILES string of the molecule is O=C(O)[C@@H]1[C@H]2Cc3c(F)ccc(F)c3[C@H]21. The number of carboxylic acids is 1. The number of benzene rings is 1. The predicted molar refractivity (Wildman–Crippen MR) is 47.4 cm³/mol. The van der Waals surface area contributed by atoms with Gasteiger partial charge in [-0.15, -0.1) is 0 Å². The lowest BCUT2D eigenvalue weighted by Crippen LogP contribution is -2.07. The van der Waals surface area contributed by atoms with Crippen LogP contribution in [0.3, 0.4) is 0 Å². The molecule has 4 heteroatoms. The fourth-order valence-corrected chi connectivity index (χ4v) is 2.77. The van der Waals surface area contributed by atoms with Crippen LogP contribution in [0.2, 0.25) is 0 Å². The third-order valence-corrected chi connectivity index (χ3v) is 3.47. The molecule has 1 fully saturated rings. The van der Waals surface area contributed by atoms with Gasteiger partial charge in [0.25, 0.3) is 0 Å². The summed E-state index contributed by atoms with van der Waals surface area (Å²) < 4.78 is 26.7. The maximum absolute atomic E-state index is 13.4. The number of rotatable bonds is 1. The largest absolute Gasteiger partial charge is 0.481 e. The van der Waals surface area contributed by atoms with Gasteiger partial charge in [0, 0.05) is 5.92 Å². The molecule has 0 amide bonds. The van der Waals surface area contributed by atoms with E-state index in [1.807, 2.05) is 0 Å². The third kappa shape index (κ3) is 0.991. The molecule has 1 aromatic carbocycles. The quantitative estimate of drug-likeness (QED) is 0.769. The summed E-state index contributed by atoms with van der Waals surface area (Å²) in [7, 11) is 0. The summed E-state index contributed by atoms with van der Waals surface area (Å²) >= 11 is 0. The summed E-state index contributed by atoms with van der Waals surface area (Å²) in [6.45, 7) is 0. The second-order valence-electron chi connectivity index (χ2n) is 4.18. The van der Waals surface area contributed by atoms with E-state index in [-0.39, 0.29) is 11.8 Å². The first-order valence-electron chi connectivity index (χ1n) is 4.81. The Bertz CT molecular complexity index is 470. The Morgan fingerprint density at radius 1 is 1.33 bits per heavy atom. The summed E-state index contributed by atoms with van der Waals surface area (Å²) in [5.41, 5.74) is 0.676. The number of hydrogen-bond donors (Lipinski definition) is 1. The van der Waals surface area contributed by atoms with Gasteiger partial charge in [0.15, 0.2) is 0 Å². The first-order valence-corrected chi connectivity index (χ1v) is 4.81. The number of halogens is 2. The van der Waals surface area contributed by atoms with Crippen molar-refractivity contribution >= 4 is 5.97 Å². The summed E-state index contributed by atoms with van der Waals surface area (Å²) in [5.74, 6) is -2.68. The molecule has 15 heavy (non-hydrogen) atoms. The van der Waals surface area contributed by atoms with Gasteiger partial charge in [0.2, 0.25) is 0 Å². The van der Waals surface area contributed by atoms with E-state index < -0.39 is 23.5 Å². The van der Waals surface area contributed by atoms with Crippen molar-refractivity contribution in [2.45, 2.75) is 12.3 Å². The molecule has 0 unspecified atom stereocenters. The molecule has 2 aliphatic rings. The minimum absolute atomic E-state index is 0.0936. The van der Waals surface area contributed by atoms with Crippen LogP contribution in [0.25, 0.3) is 0 Å². The molecular weight excluding hydrogens is 202 g/mol. The molecule has 2 aliphatic carbocycles. The molecule has 0 saturated heterocycles. The maximum Gasteiger partial charge on any atom is 0.307 e. The fraction of sp³-hybridized carbons (Fsp3) is 0.364. The summed E-state index contributed by atoms with van der Waals surface area (Å²) in [6, 6.07) is 2.18. The molecule has 0 bridgehead atoms. The first-order chi connectivity index (χ1) is 7.11. The van der Waals surface area contributed by atoms with Crippen LogP contribution in [0.4, 0.5) is 8.78 Å². The summed E-state index contributed by atoms with van der Waals surface area (Å²) in [5, 5.41) is 8.83. The molecule has 1 saturated carbocycles. The van der Waals surface area contributed by atoms with E-state index in [4.69, 9.17) is 5.11 Å². The van der Waals surface area contributed by atoms with Crippen molar-refractivity contribution in [1.82, 2.24) is 0 Å². The fourth-order valence-electron chi connectivity index (χ4n) is 2.77. The van der Waals surface area contributed by atoms with Gasteiger partial charge in [-0.2, -0.15) is 0 Å². The summed E-state index contributed by atoms with van der Waals surface area (Å²) in [6.07, 6.45) is 0.362. The van der Waals surface area contributed by atoms with Crippen LogP contribution in [0, 0.1) is 23.5 Å². The van der Waals surface area contributed by atoms with Crippen LogP contribution in [0.1, 0.15) is 17.0 Å². The van der Waals surface area contributed by atoms with Crippen molar-refractivity contribution in [1.29, 1.82) is 0 Å². The molecule has 0 heterocycles. The lowest BCUT2D eigenvalue weighted by atomic mass is 10.0. The molecule has 0 aliphatic heterocycles. The van der Waals surface area contributed by atoms with Gasteiger partial charge in [-0.3, -0.25) is 4.79 Å². The zero-order valence-electron chi connectivity index (χ0n) is 7.71. The van der Waals surface area contributed by atoms with Crippen LogP contribution in [0.15, 0.2) is 12.1 Å². The van der Waals surface area contributed by atoms with Crippen molar-refractivity contribution in [3.8, 4) is 0 Å². The number of aliphatic carboxylic acids is 1. The van der Waals surface area contributed by atoms with Crippen LogP contribution < -0.4 is 0 Å². The Hall–Kier alpha value is -1.45. The second kappa shape index (κ2) is 2.56. The molecule has 3 atom stereocenters. The summed E-state index contributed by atoms with van der Waals surface area (Å²) in [4.78, 5) is 10.8. The zero-order valence-corrected chi connectivity index (χ0v) is 7.71. The molecule has 0 aromatic heterocycles. The minimum atomic E-state index is -0.903. The molecule has 2 nitrogen and oxygen atoms in total. The average molecular weight is 210 g/mol. The molecule has 0 radical (unpaired) electrons. The Morgan fingerprint density at radius 2 is 2.00 bits per heavy atom. The molecule has 3 rings (SSSR count). The number of carbonyl (C=O) groups is 1. The normalized spacial score (nSPS) is 30.9. The van der Waals surface area contributed by atoms with Crippen LogP contribution in [-0.4, -0.2) is 11.1 Å². The van der Waals surface area contributed by atoms with Gasteiger partial charge in [-0.05, 0) is 35.6 Å². The zero-order chi connectivity index (χ0) is 10.7. The van der Waals surface area contributed by atoms with Crippen molar-refractivity contribution < 1.29 is 18.7 Å². The van der Waals surface area contributed by atoms with Crippen LogP contribution >= 0.6 is 0 Å². The van der Waals surface area contributed by atoms with Crippen molar-refractivity contribution in [3.05, 3.63) is 34.9 Å². The Kier molecular flexibility index (Phi) is 1.51. The van der Waals surface area contributed by atoms with Gasteiger partial charge in [-0.25, -0.2) is 8.78 Å². The average Bonchev–Trinajstić information content (AvgIpc) is 2.75.